The second-order valence-corrected chi connectivity index (χ2v) is 8.89. The number of amides is 2. The Labute approximate surface area is 175 Å². The summed E-state index contributed by atoms with van der Waals surface area (Å²) in [5.74, 6) is -0.430. The molecule has 1 unspecified atom stereocenters. The molecule has 8 nitrogen and oxygen atoms in total. The summed E-state index contributed by atoms with van der Waals surface area (Å²) in [4.78, 5) is 24.8. The maximum absolute atomic E-state index is 12.5. The number of rotatable bonds is 7. The molecule has 0 spiro atoms. The topological polar surface area (TPSA) is 102 Å². The number of carbonyl (C=O) groups excluding carboxylic acids is 2. The lowest BCUT2D eigenvalue weighted by atomic mass is 10.1. The zero-order chi connectivity index (χ0) is 21.9. The van der Waals surface area contributed by atoms with Crippen LogP contribution < -0.4 is 19.1 Å². The second-order valence-electron chi connectivity index (χ2n) is 7.03. The molecule has 0 aromatic heterocycles. The molecule has 1 N–H and O–H groups in total. The van der Waals surface area contributed by atoms with Gasteiger partial charge in [0, 0.05) is 12.1 Å². The Hall–Kier alpha value is -3.07. The summed E-state index contributed by atoms with van der Waals surface area (Å²) in [7, 11) is -0.595. The van der Waals surface area contributed by atoms with E-state index in [1.54, 1.807) is 39.3 Å². The van der Waals surface area contributed by atoms with Crippen molar-refractivity contribution in [1.82, 2.24) is 5.32 Å². The first-order chi connectivity index (χ1) is 14.3. The maximum atomic E-state index is 12.5. The van der Waals surface area contributed by atoms with Gasteiger partial charge < -0.3 is 14.8 Å². The summed E-state index contributed by atoms with van der Waals surface area (Å²) in [6.45, 7) is 1.95. The highest BCUT2D eigenvalue weighted by molar-refractivity contribution is 7.94. The largest absolute Gasteiger partial charge is 0.493 e. The monoisotopic (exact) mass is 432 g/mol. The Morgan fingerprint density at radius 2 is 1.87 bits per heavy atom. The number of hydrogen-bond acceptors (Lipinski definition) is 6. The van der Waals surface area contributed by atoms with Crippen molar-refractivity contribution in [2.75, 3.05) is 30.8 Å². The van der Waals surface area contributed by atoms with Crippen molar-refractivity contribution in [1.29, 1.82) is 0 Å². The molecule has 1 saturated heterocycles. The van der Waals surface area contributed by atoms with Gasteiger partial charge in [-0.2, -0.15) is 0 Å². The van der Waals surface area contributed by atoms with Gasteiger partial charge in [-0.05, 0) is 42.3 Å². The zero-order valence-corrected chi connectivity index (χ0v) is 17.9. The first-order valence-electron chi connectivity index (χ1n) is 9.43. The maximum Gasteiger partial charge on any atom is 0.251 e. The Bertz CT molecular complexity index is 1070. The molecule has 1 fully saturated rings. The molecule has 30 heavy (non-hydrogen) atoms. The van der Waals surface area contributed by atoms with Gasteiger partial charge in [0.1, 0.15) is 0 Å². The fourth-order valence-corrected chi connectivity index (χ4v) is 5.13. The summed E-state index contributed by atoms with van der Waals surface area (Å²) < 4.78 is 35.8. The molecule has 9 heteroatoms. The van der Waals surface area contributed by atoms with Crippen molar-refractivity contribution in [3.8, 4) is 11.5 Å². The molecule has 2 aromatic carbocycles. The van der Waals surface area contributed by atoms with E-state index in [4.69, 9.17) is 9.47 Å². The predicted octanol–water partition coefficient (Wildman–Crippen LogP) is 1.99. The van der Waals surface area contributed by atoms with Crippen LogP contribution in [0.5, 0.6) is 11.5 Å². The molecular weight excluding hydrogens is 408 g/mol. The third kappa shape index (κ3) is 4.40. The van der Waals surface area contributed by atoms with E-state index in [1.807, 2.05) is 12.1 Å². The van der Waals surface area contributed by atoms with Crippen LogP contribution in [0.4, 0.5) is 5.69 Å². The van der Waals surface area contributed by atoms with Crippen molar-refractivity contribution in [3.63, 3.8) is 0 Å². The minimum Gasteiger partial charge on any atom is -0.493 e. The Balaban J connectivity index is 1.67. The van der Waals surface area contributed by atoms with Gasteiger partial charge in [-0.3, -0.25) is 9.59 Å². The normalized spacial score (nSPS) is 17.6. The van der Waals surface area contributed by atoms with E-state index in [0.29, 0.717) is 24.5 Å². The van der Waals surface area contributed by atoms with Crippen LogP contribution in [-0.2, 0) is 21.2 Å². The van der Waals surface area contributed by atoms with Gasteiger partial charge in [0.15, 0.2) is 11.5 Å². The molecule has 0 aliphatic carbocycles. The summed E-state index contributed by atoms with van der Waals surface area (Å²) in [5.41, 5.74) is 1.42. The predicted molar refractivity (Wildman–Crippen MR) is 112 cm³/mol. The molecule has 1 aliphatic heterocycles. The number of sulfonamides is 1. The molecular formula is C21H24N2O6S. The molecule has 0 saturated carbocycles. The Morgan fingerprint density at radius 3 is 2.50 bits per heavy atom. The highest BCUT2D eigenvalue weighted by Crippen LogP contribution is 2.29. The highest BCUT2D eigenvalue weighted by Gasteiger charge is 2.42. The molecule has 2 aromatic rings. The number of carbonyl (C=O) groups is 2. The molecule has 160 valence electrons. The van der Waals surface area contributed by atoms with Crippen LogP contribution in [0.3, 0.4) is 0 Å². The molecule has 0 bridgehead atoms. The van der Waals surface area contributed by atoms with Crippen molar-refractivity contribution < 1.29 is 27.5 Å². The highest BCUT2D eigenvalue weighted by atomic mass is 32.2. The van der Waals surface area contributed by atoms with Gasteiger partial charge in [-0.1, -0.05) is 19.1 Å². The second kappa shape index (κ2) is 8.74. The number of ether oxygens (including phenoxy) is 2. The number of benzene rings is 2. The van der Waals surface area contributed by atoms with Crippen molar-refractivity contribution >= 4 is 27.5 Å². The smallest absolute Gasteiger partial charge is 0.251 e. The van der Waals surface area contributed by atoms with Crippen molar-refractivity contribution in [3.05, 3.63) is 53.6 Å². The molecule has 1 heterocycles. The van der Waals surface area contributed by atoms with E-state index in [9.17, 15) is 18.0 Å². The van der Waals surface area contributed by atoms with Crippen LogP contribution in [0.2, 0.25) is 0 Å². The lowest BCUT2D eigenvalue weighted by Crippen LogP contribution is -2.31. The summed E-state index contributed by atoms with van der Waals surface area (Å²) >= 11 is 0. The minimum atomic E-state index is -3.72. The van der Waals surface area contributed by atoms with E-state index in [2.05, 4.69) is 5.32 Å². The van der Waals surface area contributed by atoms with E-state index in [1.165, 1.54) is 12.1 Å². The van der Waals surface area contributed by atoms with Crippen LogP contribution in [-0.4, -0.2) is 46.7 Å². The van der Waals surface area contributed by atoms with Crippen LogP contribution in [0.25, 0.3) is 0 Å². The van der Waals surface area contributed by atoms with E-state index < -0.39 is 21.8 Å². The van der Waals surface area contributed by atoms with Crippen LogP contribution in [0.1, 0.15) is 22.8 Å². The van der Waals surface area contributed by atoms with Gasteiger partial charge in [-0.15, -0.1) is 0 Å². The number of nitrogens with zero attached hydrogens (tertiary/aromatic N) is 1. The Morgan fingerprint density at radius 1 is 1.13 bits per heavy atom. The quantitative estimate of drug-likeness (QED) is 0.718. The van der Waals surface area contributed by atoms with Gasteiger partial charge in [0.25, 0.3) is 5.91 Å². The van der Waals surface area contributed by atoms with E-state index >= 15 is 0 Å². The van der Waals surface area contributed by atoms with Crippen LogP contribution in [0.15, 0.2) is 42.5 Å². The SMILES string of the molecule is COc1ccc(CCNC(=O)c2cccc(N3C(=O)C(C)CS3(=O)=O)c2)cc1OC. The minimum absolute atomic E-state index is 0.178. The van der Waals surface area contributed by atoms with Crippen LogP contribution in [0, 0.1) is 5.92 Å². The van der Waals surface area contributed by atoms with Gasteiger partial charge in [0.05, 0.1) is 31.6 Å². The van der Waals surface area contributed by atoms with Crippen LogP contribution >= 0.6 is 0 Å². The average molecular weight is 432 g/mol. The lowest BCUT2D eigenvalue weighted by Gasteiger charge is -2.16. The summed E-state index contributed by atoms with van der Waals surface area (Å²) in [5, 5.41) is 2.81. The number of nitrogens with one attached hydrogen (secondary N) is 1. The fourth-order valence-electron chi connectivity index (χ4n) is 3.32. The molecule has 1 aliphatic rings. The van der Waals surface area contributed by atoms with Gasteiger partial charge in [0.2, 0.25) is 15.9 Å². The standard InChI is InChI=1S/C21H24N2O6S/c1-14-13-30(26,27)23(21(14)25)17-6-4-5-16(12-17)20(24)22-10-9-15-7-8-18(28-2)19(11-15)29-3/h4-8,11-12,14H,9-10,13H2,1-3H3,(H,22,24). The van der Waals surface area contributed by atoms with Gasteiger partial charge in [-0.25, -0.2) is 12.7 Å². The van der Waals surface area contributed by atoms with E-state index in [0.717, 1.165) is 9.87 Å². The lowest BCUT2D eigenvalue weighted by molar-refractivity contribution is -0.119. The molecule has 2 amide bonds. The molecule has 1 atom stereocenters. The third-order valence-electron chi connectivity index (χ3n) is 4.85. The first-order valence-corrected chi connectivity index (χ1v) is 11.0. The average Bonchev–Trinajstić information content (AvgIpc) is 2.94. The van der Waals surface area contributed by atoms with E-state index in [-0.39, 0.29) is 22.9 Å². The third-order valence-corrected chi connectivity index (χ3v) is 6.72. The first kappa shape index (κ1) is 21.6. The van der Waals surface area contributed by atoms with Crippen molar-refractivity contribution in [2.24, 2.45) is 5.92 Å². The van der Waals surface area contributed by atoms with Crippen molar-refractivity contribution in [2.45, 2.75) is 13.3 Å². The summed E-state index contributed by atoms with van der Waals surface area (Å²) in [6.07, 6.45) is 0.572. The number of hydrogen-bond donors (Lipinski definition) is 1. The summed E-state index contributed by atoms with van der Waals surface area (Å²) in [6, 6.07) is 11.6. The molecule has 0 radical (unpaired) electrons. The number of anilines is 1. The Kier molecular flexibility index (Phi) is 6.31. The number of methoxy groups -OCH3 is 2. The zero-order valence-electron chi connectivity index (χ0n) is 17.0. The molecule has 3 rings (SSSR count). The fraction of sp³-hybridized carbons (Fsp3) is 0.333. The van der Waals surface area contributed by atoms with Gasteiger partial charge >= 0.3 is 0 Å².